The highest BCUT2D eigenvalue weighted by atomic mass is 16.2. The molecular formula is C11H9N7O2. The first-order valence-electron chi connectivity index (χ1n) is 5.54. The molecule has 9 heteroatoms. The van der Waals surface area contributed by atoms with E-state index < -0.39 is 11.3 Å². The Morgan fingerprint density at radius 2 is 2.05 bits per heavy atom. The van der Waals surface area contributed by atoms with Gasteiger partial charge in [-0.05, 0) is 0 Å². The van der Waals surface area contributed by atoms with Crippen molar-refractivity contribution in [2.75, 3.05) is 5.73 Å². The number of anilines is 1. The van der Waals surface area contributed by atoms with Gasteiger partial charge in [0.05, 0.1) is 0 Å². The largest absolute Gasteiger partial charge is 0.382 e. The zero-order valence-electron chi connectivity index (χ0n) is 10.1. The molecule has 20 heavy (non-hydrogen) atoms. The molecule has 1 amide bonds. The summed E-state index contributed by atoms with van der Waals surface area (Å²) in [5.74, 6) is -0.562. The molecule has 0 saturated heterocycles. The highest BCUT2D eigenvalue weighted by Gasteiger charge is 2.11. The molecule has 3 aromatic rings. The van der Waals surface area contributed by atoms with E-state index in [4.69, 9.17) is 11.5 Å². The number of nitrogens with zero attached hydrogens (tertiary/aromatic N) is 5. The van der Waals surface area contributed by atoms with E-state index in [0.29, 0.717) is 11.2 Å². The fourth-order valence-corrected chi connectivity index (χ4v) is 1.80. The van der Waals surface area contributed by atoms with Gasteiger partial charge in [0.2, 0.25) is 0 Å². The maximum atomic E-state index is 11.5. The van der Waals surface area contributed by atoms with Crippen LogP contribution in [0.4, 0.5) is 5.82 Å². The van der Waals surface area contributed by atoms with Crippen molar-refractivity contribution >= 4 is 22.9 Å². The number of aromatic nitrogens is 5. The van der Waals surface area contributed by atoms with Crippen LogP contribution in [0, 0.1) is 0 Å². The van der Waals surface area contributed by atoms with Crippen molar-refractivity contribution in [2.24, 2.45) is 5.73 Å². The first kappa shape index (κ1) is 11.8. The quantitative estimate of drug-likeness (QED) is 0.612. The number of hydrogen-bond donors (Lipinski definition) is 2. The van der Waals surface area contributed by atoms with Crippen LogP contribution >= 0.6 is 0 Å². The Balaban J connectivity index is 2.26. The Morgan fingerprint density at radius 1 is 1.25 bits per heavy atom. The predicted molar refractivity (Wildman–Crippen MR) is 69.8 cm³/mol. The third-order valence-corrected chi connectivity index (χ3v) is 2.76. The summed E-state index contributed by atoms with van der Waals surface area (Å²) in [6, 6.07) is 1.23. The lowest BCUT2D eigenvalue weighted by Crippen LogP contribution is -2.24. The average Bonchev–Trinajstić information content (AvgIpc) is 2.84. The second-order valence-electron chi connectivity index (χ2n) is 3.99. The van der Waals surface area contributed by atoms with E-state index in [-0.39, 0.29) is 11.4 Å². The number of hydrogen-bond acceptors (Lipinski definition) is 6. The SMILES string of the molecule is NC(=O)c1cn(-n2cnc3c(N)ncnc32)ccc1=O. The van der Waals surface area contributed by atoms with Crippen molar-refractivity contribution in [1.82, 2.24) is 24.3 Å². The Kier molecular flexibility index (Phi) is 2.46. The van der Waals surface area contributed by atoms with E-state index in [0.717, 1.165) is 0 Å². The number of rotatable bonds is 2. The molecule has 9 nitrogen and oxygen atoms in total. The van der Waals surface area contributed by atoms with Crippen LogP contribution in [0.3, 0.4) is 0 Å². The van der Waals surface area contributed by atoms with Gasteiger partial charge in [0.1, 0.15) is 18.2 Å². The third kappa shape index (κ3) is 1.68. The van der Waals surface area contributed by atoms with Crippen LogP contribution < -0.4 is 16.9 Å². The molecule has 0 saturated carbocycles. The van der Waals surface area contributed by atoms with Crippen molar-refractivity contribution < 1.29 is 4.79 Å². The number of carbonyl (C=O) groups is 1. The van der Waals surface area contributed by atoms with E-state index in [1.807, 2.05) is 0 Å². The standard InChI is InChI=1S/C11H9N7O2/c12-9-8-11(15-4-14-9)18(5-16-8)17-2-1-7(19)6(3-17)10(13)20/h1-5H,(H2,13,20)(H2,12,14,15). The molecule has 0 radical (unpaired) electrons. The molecule has 0 aliphatic heterocycles. The zero-order valence-corrected chi connectivity index (χ0v) is 10.1. The Labute approximate surface area is 111 Å². The van der Waals surface area contributed by atoms with Gasteiger partial charge in [0, 0.05) is 18.5 Å². The minimum Gasteiger partial charge on any atom is -0.382 e. The Bertz CT molecular complexity index is 880. The number of nitrogens with two attached hydrogens (primary N) is 2. The van der Waals surface area contributed by atoms with Crippen LogP contribution in [0.5, 0.6) is 0 Å². The van der Waals surface area contributed by atoms with Gasteiger partial charge in [-0.1, -0.05) is 0 Å². The molecule has 0 aliphatic rings. The summed E-state index contributed by atoms with van der Waals surface area (Å²) in [5.41, 5.74) is 11.1. The maximum Gasteiger partial charge on any atom is 0.254 e. The molecule has 3 rings (SSSR count). The van der Waals surface area contributed by atoms with Gasteiger partial charge in [-0.3, -0.25) is 14.3 Å². The van der Waals surface area contributed by atoms with Crippen molar-refractivity contribution in [3.8, 4) is 0 Å². The molecule has 0 spiro atoms. The van der Waals surface area contributed by atoms with Crippen LogP contribution in [0.1, 0.15) is 10.4 Å². The zero-order chi connectivity index (χ0) is 14.3. The van der Waals surface area contributed by atoms with E-state index in [1.54, 1.807) is 0 Å². The van der Waals surface area contributed by atoms with Crippen molar-refractivity contribution in [1.29, 1.82) is 0 Å². The molecule has 0 atom stereocenters. The number of nitrogen functional groups attached to an aromatic ring is 1. The second-order valence-corrected chi connectivity index (χ2v) is 3.99. The lowest BCUT2D eigenvalue weighted by atomic mass is 10.3. The van der Waals surface area contributed by atoms with Gasteiger partial charge < -0.3 is 11.5 Å². The number of pyridine rings is 1. The molecular weight excluding hydrogens is 262 g/mol. The molecule has 100 valence electrons. The monoisotopic (exact) mass is 271 g/mol. The predicted octanol–water partition coefficient (Wildman–Crippen LogP) is -1.02. The highest BCUT2D eigenvalue weighted by molar-refractivity contribution is 5.92. The molecule has 0 aliphatic carbocycles. The Morgan fingerprint density at radius 3 is 2.80 bits per heavy atom. The van der Waals surface area contributed by atoms with Crippen LogP contribution in [0.2, 0.25) is 0 Å². The third-order valence-electron chi connectivity index (χ3n) is 2.76. The Hall–Kier alpha value is -3.23. The number of fused-ring (bicyclic) bond motifs is 1. The normalized spacial score (nSPS) is 10.8. The first-order chi connectivity index (χ1) is 9.58. The van der Waals surface area contributed by atoms with Gasteiger partial charge in [0.15, 0.2) is 22.4 Å². The summed E-state index contributed by atoms with van der Waals surface area (Å²) in [4.78, 5) is 34.7. The molecule has 3 heterocycles. The number of primary amides is 1. The average molecular weight is 271 g/mol. The maximum absolute atomic E-state index is 11.5. The number of carbonyl (C=O) groups excluding carboxylic acids is 1. The molecule has 0 bridgehead atoms. The minimum absolute atomic E-state index is 0.128. The lowest BCUT2D eigenvalue weighted by Gasteiger charge is -2.08. The van der Waals surface area contributed by atoms with Gasteiger partial charge in [-0.25, -0.2) is 19.6 Å². The molecule has 3 aromatic heterocycles. The second kappa shape index (κ2) is 4.16. The topological polar surface area (TPSA) is 135 Å². The lowest BCUT2D eigenvalue weighted by molar-refractivity contribution is 0.0998. The van der Waals surface area contributed by atoms with Crippen LogP contribution in [0.25, 0.3) is 11.2 Å². The summed E-state index contributed by atoms with van der Waals surface area (Å²) in [5, 5.41) is 0. The van der Waals surface area contributed by atoms with E-state index in [9.17, 15) is 9.59 Å². The summed E-state index contributed by atoms with van der Waals surface area (Å²) in [6.45, 7) is 0. The van der Waals surface area contributed by atoms with Gasteiger partial charge in [0.25, 0.3) is 5.91 Å². The van der Waals surface area contributed by atoms with Crippen molar-refractivity contribution in [3.63, 3.8) is 0 Å². The van der Waals surface area contributed by atoms with Gasteiger partial charge in [-0.15, -0.1) is 0 Å². The number of amides is 1. The summed E-state index contributed by atoms with van der Waals surface area (Å²) in [7, 11) is 0. The van der Waals surface area contributed by atoms with Gasteiger partial charge >= 0.3 is 0 Å². The fourth-order valence-electron chi connectivity index (χ4n) is 1.80. The van der Waals surface area contributed by atoms with E-state index in [1.165, 1.54) is 40.5 Å². The summed E-state index contributed by atoms with van der Waals surface area (Å²) in [6.07, 6.45) is 5.52. The summed E-state index contributed by atoms with van der Waals surface area (Å²) < 4.78 is 2.97. The molecule has 0 fully saturated rings. The summed E-state index contributed by atoms with van der Waals surface area (Å²) >= 11 is 0. The fraction of sp³-hybridized carbons (Fsp3) is 0. The first-order valence-corrected chi connectivity index (χ1v) is 5.54. The van der Waals surface area contributed by atoms with Crippen LogP contribution in [-0.2, 0) is 0 Å². The van der Waals surface area contributed by atoms with Crippen molar-refractivity contribution in [3.05, 3.63) is 46.9 Å². The van der Waals surface area contributed by atoms with Crippen LogP contribution in [0.15, 0.2) is 35.9 Å². The minimum atomic E-state index is -0.803. The van der Waals surface area contributed by atoms with Crippen molar-refractivity contribution in [2.45, 2.75) is 0 Å². The molecule has 0 unspecified atom stereocenters. The van der Waals surface area contributed by atoms with E-state index in [2.05, 4.69) is 15.0 Å². The van der Waals surface area contributed by atoms with Crippen LogP contribution in [-0.4, -0.2) is 30.2 Å². The van der Waals surface area contributed by atoms with Gasteiger partial charge in [-0.2, -0.15) is 0 Å². The molecule has 4 N–H and O–H groups in total. The molecule has 0 aromatic carbocycles. The smallest absolute Gasteiger partial charge is 0.254 e. The number of imidazole rings is 1. The van der Waals surface area contributed by atoms with E-state index >= 15 is 0 Å². The highest BCUT2D eigenvalue weighted by Crippen LogP contribution is 2.14.